The van der Waals surface area contributed by atoms with Crippen LogP contribution in [0.3, 0.4) is 0 Å². The van der Waals surface area contributed by atoms with E-state index in [0.29, 0.717) is 18.5 Å². The predicted octanol–water partition coefficient (Wildman–Crippen LogP) is 2.67. The molecule has 0 radical (unpaired) electrons. The van der Waals surface area contributed by atoms with Gasteiger partial charge in [-0.25, -0.2) is 8.78 Å². The average Bonchev–Trinajstić information content (AvgIpc) is 2.62. The van der Waals surface area contributed by atoms with Crippen molar-refractivity contribution in [3.63, 3.8) is 0 Å². The zero-order valence-electron chi connectivity index (χ0n) is 14.3. The van der Waals surface area contributed by atoms with Crippen LogP contribution in [0, 0.1) is 11.6 Å². The summed E-state index contributed by atoms with van der Waals surface area (Å²) in [6.07, 6.45) is 0.611. The van der Waals surface area contributed by atoms with Crippen molar-refractivity contribution in [3.8, 4) is 0 Å². The third-order valence-electron chi connectivity index (χ3n) is 3.75. The average molecular weight is 361 g/mol. The largest absolute Gasteiger partial charge is 0.330 e. The second-order valence-electron chi connectivity index (χ2n) is 5.76. The second-order valence-corrected chi connectivity index (χ2v) is 5.76. The first kappa shape index (κ1) is 19.5. The number of hydrogen-bond donors (Lipinski definition) is 2. The first-order valence-electron chi connectivity index (χ1n) is 8.27. The van der Waals surface area contributed by atoms with Gasteiger partial charge in [0, 0.05) is 18.5 Å². The van der Waals surface area contributed by atoms with Crippen LogP contribution in [-0.2, 0) is 16.1 Å². The van der Waals surface area contributed by atoms with Crippen molar-refractivity contribution in [2.24, 2.45) is 5.73 Å². The molecule has 0 saturated carbocycles. The van der Waals surface area contributed by atoms with Gasteiger partial charge in [0.2, 0.25) is 11.8 Å². The minimum absolute atomic E-state index is 0.0257. The van der Waals surface area contributed by atoms with Crippen LogP contribution in [0.4, 0.5) is 14.5 Å². The van der Waals surface area contributed by atoms with Gasteiger partial charge in [0.05, 0.1) is 5.69 Å². The highest BCUT2D eigenvalue weighted by Gasteiger charge is 2.19. The molecule has 0 bridgehead atoms. The predicted molar refractivity (Wildman–Crippen MR) is 95.1 cm³/mol. The van der Waals surface area contributed by atoms with Gasteiger partial charge in [-0.15, -0.1) is 0 Å². The number of anilines is 1. The molecule has 2 amide bonds. The summed E-state index contributed by atoms with van der Waals surface area (Å²) >= 11 is 0. The highest BCUT2D eigenvalue weighted by Crippen LogP contribution is 2.14. The summed E-state index contributed by atoms with van der Waals surface area (Å²) in [4.78, 5) is 25.8. The lowest BCUT2D eigenvalue weighted by Gasteiger charge is -2.23. The van der Waals surface area contributed by atoms with Gasteiger partial charge in [0.25, 0.3) is 0 Å². The Morgan fingerprint density at radius 3 is 2.31 bits per heavy atom. The second kappa shape index (κ2) is 9.62. The van der Waals surface area contributed by atoms with Crippen LogP contribution in [0.2, 0.25) is 0 Å². The van der Waals surface area contributed by atoms with Gasteiger partial charge in [0.1, 0.15) is 18.2 Å². The number of amides is 2. The normalized spacial score (nSPS) is 10.4. The van der Waals surface area contributed by atoms with Gasteiger partial charge in [-0.3, -0.25) is 9.59 Å². The fraction of sp³-hybridized carbons (Fsp3) is 0.263. The molecule has 0 aliphatic carbocycles. The summed E-state index contributed by atoms with van der Waals surface area (Å²) in [5.41, 5.74) is 5.75. The van der Waals surface area contributed by atoms with Crippen molar-refractivity contribution in [3.05, 3.63) is 65.7 Å². The van der Waals surface area contributed by atoms with Crippen molar-refractivity contribution < 1.29 is 18.4 Å². The van der Waals surface area contributed by atoms with E-state index in [1.807, 2.05) is 0 Å². The highest BCUT2D eigenvalue weighted by molar-refractivity contribution is 5.94. The number of nitrogens with zero attached hydrogens (tertiary/aromatic N) is 1. The summed E-state index contributed by atoms with van der Waals surface area (Å²) in [5.74, 6) is -1.91. The Hall–Kier alpha value is -2.80. The van der Waals surface area contributed by atoms with Crippen LogP contribution in [0.1, 0.15) is 18.4 Å². The van der Waals surface area contributed by atoms with E-state index in [9.17, 15) is 18.4 Å². The molecule has 3 N–H and O–H groups in total. The maximum atomic E-state index is 13.9. The van der Waals surface area contributed by atoms with Crippen LogP contribution >= 0.6 is 0 Å². The van der Waals surface area contributed by atoms with Crippen molar-refractivity contribution >= 4 is 17.5 Å². The lowest BCUT2D eigenvalue weighted by Crippen LogP contribution is -2.38. The van der Waals surface area contributed by atoms with E-state index in [4.69, 9.17) is 5.73 Å². The van der Waals surface area contributed by atoms with Crippen LogP contribution < -0.4 is 11.1 Å². The molecule has 0 unspecified atom stereocenters. The maximum Gasteiger partial charge on any atom is 0.244 e. The molecule has 2 rings (SSSR count). The van der Waals surface area contributed by atoms with Crippen molar-refractivity contribution in [2.75, 3.05) is 18.4 Å². The molecule has 2 aromatic rings. The molecule has 5 nitrogen and oxygen atoms in total. The summed E-state index contributed by atoms with van der Waals surface area (Å²) < 4.78 is 27.5. The number of nitrogens with one attached hydrogen (secondary N) is 1. The molecule has 0 spiro atoms. The molecule has 7 heteroatoms. The van der Waals surface area contributed by atoms with E-state index in [1.165, 1.54) is 29.2 Å². The van der Waals surface area contributed by atoms with Gasteiger partial charge in [-0.1, -0.05) is 30.3 Å². The van der Waals surface area contributed by atoms with Crippen LogP contribution in [0.25, 0.3) is 0 Å². The topological polar surface area (TPSA) is 75.4 Å². The number of para-hydroxylation sites is 1. The molecular weight excluding hydrogens is 340 g/mol. The molecule has 0 atom stereocenters. The zero-order chi connectivity index (χ0) is 18.9. The molecular formula is C19H21F2N3O2. The Balaban J connectivity index is 2.10. The lowest BCUT2D eigenvalue weighted by atomic mass is 10.2. The SMILES string of the molecule is NCCCC(=O)N(CC(=O)Nc1ccccc1F)Cc1ccccc1F. The van der Waals surface area contributed by atoms with Gasteiger partial charge < -0.3 is 16.0 Å². The molecule has 26 heavy (non-hydrogen) atoms. The first-order chi connectivity index (χ1) is 12.5. The summed E-state index contributed by atoms with van der Waals surface area (Å²) in [6, 6.07) is 11.8. The summed E-state index contributed by atoms with van der Waals surface area (Å²) in [6.45, 7) is -0.0342. The Morgan fingerprint density at radius 1 is 1.00 bits per heavy atom. The van der Waals surface area contributed by atoms with E-state index in [0.717, 1.165) is 0 Å². The van der Waals surface area contributed by atoms with Gasteiger partial charge >= 0.3 is 0 Å². The fourth-order valence-electron chi connectivity index (χ4n) is 2.40. The molecule has 0 aromatic heterocycles. The summed E-state index contributed by atoms with van der Waals surface area (Å²) in [5, 5.41) is 2.43. The van der Waals surface area contributed by atoms with Crippen molar-refractivity contribution in [1.82, 2.24) is 4.90 Å². The number of nitrogens with two attached hydrogens (primary N) is 1. The number of carbonyl (C=O) groups is 2. The maximum absolute atomic E-state index is 13.9. The number of halogens is 2. The number of benzene rings is 2. The quantitative estimate of drug-likeness (QED) is 0.759. The van der Waals surface area contributed by atoms with Crippen LogP contribution in [-0.4, -0.2) is 29.8 Å². The smallest absolute Gasteiger partial charge is 0.244 e. The van der Waals surface area contributed by atoms with E-state index < -0.39 is 17.5 Å². The Morgan fingerprint density at radius 2 is 1.65 bits per heavy atom. The van der Waals surface area contributed by atoms with Crippen LogP contribution in [0.15, 0.2) is 48.5 Å². The molecule has 0 saturated heterocycles. The molecule has 0 aliphatic rings. The molecule has 138 valence electrons. The van der Waals surface area contributed by atoms with Crippen molar-refractivity contribution in [2.45, 2.75) is 19.4 Å². The standard InChI is InChI=1S/C19H21F2N3O2/c20-15-7-2-1-6-14(15)12-24(19(26)10-5-11-22)13-18(25)23-17-9-4-3-8-16(17)21/h1-4,6-9H,5,10-13,22H2,(H,23,25). The van der Waals surface area contributed by atoms with Gasteiger partial charge in [-0.2, -0.15) is 0 Å². The number of hydrogen-bond acceptors (Lipinski definition) is 3. The van der Waals surface area contributed by atoms with E-state index in [1.54, 1.807) is 24.3 Å². The Bertz CT molecular complexity index is 768. The number of rotatable bonds is 8. The summed E-state index contributed by atoms with van der Waals surface area (Å²) in [7, 11) is 0. The molecule has 0 fully saturated rings. The zero-order valence-corrected chi connectivity index (χ0v) is 14.3. The first-order valence-corrected chi connectivity index (χ1v) is 8.27. The van der Waals surface area contributed by atoms with Gasteiger partial charge in [-0.05, 0) is 31.2 Å². The molecule has 2 aromatic carbocycles. The molecule has 0 aliphatic heterocycles. The monoisotopic (exact) mass is 361 g/mol. The fourth-order valence-corrected chi connectivity index (χ4v) is 2.40. The molecule has 0 heterocycles. The van der Waals surface area contributed by atoms with E-state index >= 15 is 0 Å². The minimum atomic E-state index is -0.573. The lowest BCUT2D eigenvalue weighted by molar-refractivity contribution is -0.135. The van der Waals surface area contributed by atoms with E-state index in [-0.39, 0.29) is 31.1 Å². The highest BCUT2D eigenvalue weighted by atomic mass is 19.1. The Kier molecular flexibility index (Phi) is 7.23. The van der Waals surface area contributed by atoms with Crippen molar-refractivity contribution in [1.29, 1.82) is 0 Å². The third kappa shape index (κ3) is 5.63. The third-order valence-corrected chi connectivity index (χ3v) is 3.75. The van der Waals surface area contributed by atoms with Gasteiger partial charge in [0.15, 0.2) is 0 Å². The Labute approximate surface area is 150 Å². The van der Waals surface area contributed by atoms with E-state index in [2.05, 4.69) is 5.32 Å². The minimum Gasteiger partial charge on any atom is -0.330 e. The number of carbonyl (C=O) groups excluding carboxylic acids is 2. The van der Waals surface area contributed by atoms with Crippen LogP contribution in [0.5, 0.6) is 0 Å².